The summed E-state index contributed by atoms with van der Waals surface area (Å²) in [6, 6.07) is 5.89. The van der Waals surface area contributed by atoms with Crippen LogP contribution in [-0.2, 0) is 0 Å². The third-order valence-corrected chi connectivity index (χ3v) is 2.97. The Hall–Kier alpha value is -0.610. The Balaban J connectivity index is 2.64. The molecule has 2 rings (SSSR count). The van der Waals surface area contributed by atoms with Gasteiger partial charge in [-0.15, -0.1) is 0 Å². The highest BCUT2D eigenvalue weighted by molar-refractivity contribution is 9.11. The highest BCUT2D eigenvalue weighted by atomic mass is 79.9. The van der Waals surface area contributed by atoms with Crippen LogP contribution in [0.2, 0.25) is 0 Å². The van der Waals surface area contributed by atoms with Gasteiger partial charge in [0.15, 0.2) is 6.39 Å². The molecule has 0 aliphatic carbocycles. The van der Waals surface area contributed by atoms with Crippen molar-refractivity contribution in [3.05, 3.63) is 39.8 Å². The molecule has 0 aliphatic rings. The zero-order chi connectivity index (χ0) is 9.26. The van der Waals surface area contributed by atoms with Gasteiger partial charge in [0.05, 0.1) is 0 Å². The summed E-state index contributed by atoms with van der Waals surface area (Å²) in [5, 5.41) is 0. The molecule has 66 valence electrons. The predicted octanol–water partition coefficient (Wildman–Crippen LogP) is 3.87. The molecule has 1 aromatic carbocycles. The average Bonchev–Trinajstić information content (AvgIpc) is 2.57. The van der Waals surface area contributed by atoms with Crippen molar-refractivity contribution in [3.8, 4) is 11.3 Å². The average molecular weight is 303 g/mol. The lowest BCUT2D eigenvalue weighted by atomic mass is 10.2. The molecule has 0 N–H and O–H groups in total. The van der Waals surface area contributed by atoms with Crippen LogP contribution in [0.25, 0.3) is 11.3 Å². The summed E-state index contributed by atoms with van der Waals surface area (Å²) < 4.78 is 6.92. The topological polar surface area (TPSA) is 26.0 Å². The van der Waals surface area contributed by atoms with Gasteiger partial charge in [0.2, 0.25) is 0 Å². The summed E-state index contributed by atoms with van der Waals surface area (Å²) in [5.41, 5.74) is 1.83. The van der Waals surface area contributed by atoms with Crippen molar-refractivity contribution in [1.82, 2.24) is 4.98 Å². The van der Waals surface area contributed by atoms with Gasteiger partial charge in [0, 0.05) is 14.5 Å². The van der Waals surface area contributed by atoms with Crippen LogP contribution in [0.4, 0.5) is 0 Å². The predicted molar refractivity (Wildman–Crippen MR) is 57.3 cm³/mol. The molecule has 1 aromatic heterocycles. The normalized spacial score (nSPS) is 10.3. The zero-order valence-corrected chi connectivity index (χ0v) is 9.67. The Morgan fingerprint density at radius 3 is 2.38 bits per heavy atom. The Morgan fingerprint density at radius 1 is 1.15 bits per heavy atom. The van der Waals surface area contributed by atoms with E-state index in [4.69, 9.17) is 4.42 Å². The van der Waals surface area contributed by atoms with E-state index in [2.05, 4.69) is 36.8 Å². The first-order valence-electron chi connectivity index (χ1n) is 3.61. The second-order valence-corrected chi connectivity index (χ2v) is 4.18. The molecule has 0 amide bonds. The Kier molecular flexibility index (Phi) is 2.51. The van der Waals surface area contributed by atoms with Gasteiger partial charge in [0.25, 0.3) is 0 Å². The zero-order valence-electron chi connectivity index (χ0n) is 6.50. The summed E-state index contributed by atoms with van der Waals surface area (Å²) in [5.74, 6) is 0. The highest BCUT2D eigenvalue weighted by Crippen LogP contribution is 2.33. The molecule has 0 aliphatic heterocycles. The van der Waals surface area contributed by atoms with Crippen LogP contribution < -0.4 is 0 Å². The fraction of sp³-hybridized carbons (Fsp3) is 0. The molecule has 0 atom stereocenters. The molecule has 2 aromatic rings. The fourth-order valence-electron chi connectivity index (χ4n) is 1.08. The number of nitrogens with zero attached hydrogens (tertiary/aromatic N) is 1. The second kappa shape index (κ2) is 3.64. The quantitative estimate of drug-likeness (QED) is 0.799. The van der Waals surface area contributed by atoms with Crippen molar-refractivity contribution in [2.75, 3.05) is 0 Å². The van der Waals surface area contributed by atoms with Crippen LogP contribution in [0.1, 0.15) is 0 Å². The Bertz CT molecular complexity index is 391. The molecule has 0 unspecified atom stereocenters. The Morgan fingerprint density at radius 2 is 1.85 bits per heavy atom. The lowest BCUT2D eigenvalue weighted by molar-refractivity contribution is 0.558. The van der Waals surface area contributed by atoms with Gasteiger partial charge in [-0.25, -0.2) is 4.98 Å². The molecule has 0 saturated heterocycles. The first kappa shape index (κ1) is 8.97. The second-order valence-electron chi connectivity index (χ2n) is 2.47. The maximum Gasteiger partial charge on any atom is 0.181 e. The molecule has 0 radical (unpaired) electrons. The smallest absolute Gasteiger partial charge is 0.181 e. The van der Waals surface area contributed by atoms with Crippen molar-refractivity contribution in [2.45, 2.75) is 0 Å². The number of hydrogen-bond donors (Lipinski definition) is 0. The third-order valence-electron chi connectivity index (χ3n) is 1.65. The van der Waals surface area contributed by atoms with Gasteiger partial charge in [-0.3, -0.25) is 0 Å². The molecular formula is C9H5Br2NO. The van der Waals surface area contributed by atoms with Gasteiger partial charge < -0.3 is 4.42 Å². The molecule has 13 heavy (non-hydrogen) atoms. The van der Waals surface area contributed by atoms with Gasteiger partial charge in [0.1, 0.15) is 12.0 Å². The van der Waals surface area contributed by atoms with Crippen LogP contribution in [0.3, 0.4) is 0 Å². The molecule has 0 fully saturated rings. The summed E-state index contributed by atoms with van der Waals surface area (Å²) in [7, 11) is 0. The van der Waals surface area contributed by atoms with Crippen LogP contribution >= 0.6 is 31.9 Å². The first-order valence-corrected chi connectivity index (χ1v) is 5.20. The van der Waals surface area contributed by atoms with E-state index in [1.54, 1.807) is 6.26 Å². The van der Waals surface area contributed by atoms with E-state index in [0.717, 1.165) is 20.2 Å². The summed E-state index contributed by atoms with van der Waals surface area (Å²) in [4.78, 5) is 4.08. The minimum atomic E-state index is 0.819. The number of halogens is 2. The molecule has 0 saturated carbocycles. The van der Waals surface area contributed by atoms with E-state index < -0.39 is 0 Å². The standard InChI is InChI=1S/C9H5Br2NO/c10-6-2-1-3-7(11)9(6)8-4-13-5-12-8/h1-5H. The third kappa shape index (κ3) is 1.69. The summed E-state index contributed by atoms with van der Waals surface area (Å²) in [6.07, 6.45) is 3.03. The lowest BCUT2D eigenvalue weighted by Crippen LogP contribution is -1.80. The monoisotopic (exact) mass is 301 g/mol. The molecule has 1 heterocycles. The number of rotatable bonds is 1. The maximum atomic E-state index is 4.93. The van der Waals surface area contributed by atoms with Crippen molar-refractivity contribution in [2.24, 2.45) is 0 Å². The largest absolute Gasteiger partial charge is 0.451 e. The Labute approximate surface area is 92.2 Å². The van der Waals surface area contributed by atoms with E-state index in [9.17, 15) is 0 Å². The van der Waals surface area contributed by atoms with Crippen LogP contribution in [0, 0.1) is 0 Å². The van der Waals surface area contributed by atoms with E-state index in [1.165, 1.54) is 6.39 Å². The number of aromatic nitrogens is 1. The van der Waals surface area contributed by atoms with Crippen molar-refractivity contribution >= 4 is 31.9 Å². The van der Waals surface area contributed by atoms with Crippen molar-refractivity contribution < 1.29 is 4.42 Å². The van der Waals surface area contributed by atoms with Crippen LogP contribution in [0.5, 0.6) is 0 Å². The summed E-state index contributed by atoms with van der Waals surface area (Å²) in [6.45, 7) is 0. The maximum absolute atomic E-state index is 4.93. The van der Waals surface area contributed by atoms with Gasteiger partial charge in [-0.1, -0.05) is 37.9 Å². The van der Waals surface area contributed by atoms with E-state index in [-0.39, 0.29) is 0 Å². The van der Waals surface area contributed by atoms with Crippen molar-refractivity contribution in [1.29, 1.82) is 0 Å². The summed E-state index contributed by atoms with van der Waals surface area (Å²) >= 11 is 6.91. The SMILES string of the molecule is Brc1cccc(Br)c1-c1cocn1. The van der Waals surface area contributed by atoms with Gasteiger partial charge in [-0.2, -0.15) is 0 Å². The van der Waals surface area contributed by atoms with Gasteiger partial charge >= 0.3 is 0 Å². The lowest BCUT2D eigenvalue weighted by Gasteiger charge is -2.02. The molecule has 2 nitrogen and oxygen atoms in total. The number of hydrogen-bond acceptors (Lipinski definition) is 2. The van der Waals surface area contributed by atoms with Crippen LogP contribution in [-0.4, -0.2) is 4.98 Å². The fourth-order valence-corrected chi connectivity index (χ4v) is 2.48. The molecular weight excluding hydrogens is 298 g/mol. The molecule has 4 heteroatoms. The van der Waals surface area contributed by atoms with E-state index >= 15 is 0 Å². The van der Waals surface area contributed by atoms with E-state index in [0.29, 0.717) is 0 Å². The first-order chi connectivity index (χ1) is 6.29. The number of oxazole rings is 1. The van der Waals surface area contributed by atoms with Crippen LogP contribution in [0.15, 0.2) is 44.2 Å². The van der Waals surface area contributed by atoms with Gasteiger partial charge in [-0.05, 0) is 12.1 Å². The highest BCUT2D eigenvalue weighted by Gasteiger charge is 2.08. The minimum absolute atomic E-state index is 0.819. The molecule has 0 spiro atoms. The van der Waals surface area contributed by atoms with E-state index in [1.807, 2.05) is 18.2 Å². The minimum Gasteiger partial charge on any atom is -0.451 e. The number of benzene rings is 1. The van der Waals surface area contributed by atoms with Crippen molar-refractivity contribution in [3.63, 3.8) is 0 Å². The molecule has 0 bridgehead atoms.